The second-order valence-corrected chi connectivity index (χ2v) is 11.9. The first-order valence-electron chi connectivity index (χ1n) is 13.9. The highest BCUT2D eigenvalue weighted by molar-refractivity contribution is 6.00. The van der Waals surface area contributed by atoms with E-state index in [-0.39, 0.29) is 23.7 Å². The van der Waals surface area contributed by atoms with Crippen molar-refractivity contribution in [2.45, 2.75) is 65.0 Å². The van der Waals surface area contributed by atoms with Crippen molar-refractivity contribution in [3.63, 3.8) is 0 Å². The van der Waals surface area contributed by atoms with Gasteiger partial charge in [0.05, 0.1) is 18.8 Å². The Bertz CT molecular complexity index is 1370. The third-order valence-corrected chi connectivity index (χ3v) is 7.40. The van der Waals surface area contributed by atoms with Crippen LogP contribution < -0.4 is 20.8 Å². The second kappa shape index (κ2) is 12.5. The van der Waals surface area contributed by atoms with E-state index in [2.05, 4.69) is 5.43 Å². The number of primary amides is 1. The quantitative estimate of drug-likeness (QED) is 0.380. The monoisotopic (exact) mass is 556 g/mol. The van der Waals surface area contributed by atoms with E-state index in [1.54, 1.807) is 24.3 Å². The van der Waals surface area contributed by atoms with Gasteiger partial charge in [-0.2, -0.15) is 0 Å². The van der Waals surface area contributed by atoms with Crippen LogP contribution >= 0.6 is 0 Å². The van der Waals surface area contributed by atoms with Gasteiger partial charge in [0.1, 0.15) is 11.8 Å². The molecule has 1 heterocycles. The van der Waals surface area contributed by atoms with Gasteiger partial charge >= 0.3 is 6.03 Å². The number of nitrogens with zero attached hydrogens (tertiary/aromatic N) is 2. The summed E-state index contributed by atoms with van der Waals surface area (Å²) in [6.45, 7) is 7.92. The summed E-state index contributed by atoms with van der Waals surface area (Å²) >= 11 is 0. The number of rotatable bonds is 7. The lowest BCUT2D eigenvalue weighted by atomic mass is 9.86. The Kier molecular flexibility index (Phi) is 9.01. The molecule has 1 saturated heterocycles. The van der Waals surface area contributed by atoms with Gasteiger partial charge in [-0.05, 0) is 54.4 Å². The maximum Gasteiger partial charge on any atom is 0.320 e. The van der Waals surface area contributed by atoms with E-state index in [0.717, 1.165) is 16.7 Å². The molecule has 0 aliphatic carbocycles. The molecule has 216 valence electrons. The summed E-state index contributed by atoms with van der Waals surface area (Å²) in [5.74, 6) is -0.263. The van der Waals surface area contributed by atoms with E-state index < -0.39 is 24.0 Å². The number of aryl methyl sites for hydroxylation is 1. The van der Waals surface area contributed by atoms with E-state index in [4.69, 9.17) is 10.5 Å². The number of hydrogen-bond acceptors (Lipinski definition) is 4. The fraction of sp³-hybridized carbons (Fsp3) is 0.364. The SMILES string of the molecule is COc1cccc(N(C(N)=O)[C@@H]2C[C@H](c3ccccc3)CC(c3ccc(C)cc3)N(NC(=O)CC(C)(C)C)C2=O)c1. The summed E-state index contributed by atoms with van der Waals surface area (Å²) in [5, 5.41) is 1.43. The van der Waals surface area contributed by atoms with Crippen LogP contribution in [-0.4, -0.2) is 36.0 Å². The molecule has 1 aliphatic heterocycles. The minimum atomic E-state index is -0.977. The number of nitrogens with two attached hydrogens (primary N) is 1. The van der Waals surface area contributed by atoms with Crippen LogP contribution in [0.4, 0.5) is 10.5 Å². The number of benzene rings is 3. The zero-order valence-corrected chi connectivity index (χ0v) is 24.5. The molecule has 0 aromatic heterocycles. The van der Waals surface area contributed by atoms with Crippen LogP contribution in [0.2, 0.25) is 0 Å². The second-order valence-electron chi connectivity index (χ2n) is 11.9. The number of ether oxygens (including phenoxy) is 1. The molecule has 1 fully saturated rings. The van der Waals surface area contributed by atoms with E-state index in [0.29, 0.717) is 24.3 Å². The summed E-state index contributed by atoms with van der Waals surface area (Å²) in [7, 11) is 1.54. The van der Waals surface area contributed by atoms with E-state index >= 15 is 0 Å². The zero-order chi connectivity index (χ0) is 29.7. The number of urea groups is 1. The standard InChI is InChI=1S/C33H40N4O4/c1-22-14-16-24(17-15-22)28-18-25(23-10-7-6-8-11-23)19-29(31(39)37(28)35-30(38)21-33(2,3)4)36(32(34)40)26-12-9-13-27(20-26)41-5/h6-17,20,25,28-29H,18-19,21H2,1-5H3,(H2,34,40)(H,35,38)/t25-,28?,29-/m1/s1. The molecule has 3 aromatic carbocycles. The number of nitrogens with one attached hydrogen (secondary N) is 1. The van der Waals surface area contributed by atoms with Gasteiger partial charge in [0.25, 0.3) is 5.91 Å². The lowest BCUT2D eigenvalue weighted by molar-refractivity contribution is -0.145. The van der Waals surface area contributed by atoms with Gasteiger partial charge in [-0.15, -0.1) is 0 Å². The van der Waals surface area contributed by atoms with Crippen LogP contribution in [0.5, 0.6) is 5.75 Å². The van der Waals surface area contributed by atoms with Crippen molar-refractivity contribution >= 4 is 23.5 Å². The van der Waals surface area contributed by atoms with Gasteiger partial charge in [0.15, 0.2) is 0 Å². The average Bonchev–Trinajstić information content (AvgIpc) is 3.06. The smallest absolute Gasteiger partial charge is 0.320 e. The van der Waals surface area contributed by atoms with Crippen molar-refractivity contribution in [1.29, 1.82) is 0 Å². The van der Waals surface area contributed by atoms with E-state index in [9.17, 15) is 14.4 Å². The largest absolute Gasteiger partial charge is 0.497 e. The predicted octanol–water partition coefficient (Wildman–Crippen LogP) is 5.87. The van der Waals surface area contributed by atoms with Crippen molar-refractivity contribution in [1.82, 2.24) is 10.4 Å². The van der Waals surface area contributed by atoms with Crippen molar-refractivity contribution in [3.05, 3.63) is 95.6 Å². The maximum absolute atomic E-state index is 14.6. The Hall–Kier alpha value is -4.33. The van der Waals surface area contributed by atoms with Crippen LogP contribution in [0.1, 0.15) is 68.7 Å². The molecule has 4 rings (SSSR count). The first-order chi connectivity index (χ1) is 19.5. The average molecular weight is 557 g/mol. The Labute approximate surface area is 242 Å². The predicted molar refractivity (Wildman–Crippen MR) is 160 cm³/mol. The molecule has 0 spiro atoms. The molecule has 1 aliphatic rings. The fourth-order valence-corrected chi connectivity index (χ4v) is 5.45. The first-order valence-corrected chi connectivity index (χ1v) is 13.9. The summed E-state index contributed by atoms with van der Waals surface area (Å²) < 4.78 is 5.39. The topological polar surface area (TPSA) is 105 Å². The molecule has 1 unspecified atom stereocenters. The number of methoxy groups -OCH3 is 1. The minimum Gasteiger partial charge on any atom is -0.497 e. The third-order valence-electron chi connectivity index (χ3n) is 7.40. The van der Waals surface area contributed by atoms with E-state index in [1.165, 1.54) is 17.0 Å². The molecular weight excluding hydrogens is 516 g/mol. The van der Waals surface area contributed by atoms with Gasteiger partial charge in [-0.1, -0.05) is 87.0 Å². The first kappa shape index (κ1) is 29.6. The van der Waals surface area contributed by atoms with Gasteiger partial charge in [-0.25, -0.2) is 9.80 Å². The summed E-state index contributed by atoms with van der Waals surface area (Å²) in [5.41, 5.74) is 12.1. The molecule has 41 heavy (non-hydrogen) atoms. The number of hydrogen-bond donors (Lipinski definition) is 2. The van der Waals surface area contributed by atoms with Gasteiger partial charge in [-0.3, -0.25) is 19.9 Å². The Balaban J connectivity index is 1.86. The number of carbonyl (C=O) groups is 3. The molecule has 4 amide bonds. The number of amides is 4. The van der Waals surface area contributed by atoms with Gasteiger partial charge in [0.2, 0.25) is 5.91 Å². The van der Waals surface area contributed by atoms with Crippen molar-refractivity contribution < 1.29 is 19.1 Å². The lowest BCUT2D eigenvalue weighted by Crippen LogP contribution is -2.57. The van der Waals surface area contributed by atoms with Crippen molar-refractivity contribution in [2.24, 2.45) is 11.1 Å². The van der Waals surface area contributed by atoms with Crippen LogP contribution in [-0.2, 0) is 9.59 Å². The normalized spacial score (nSPS) is 19.3. The Morgan fingerprint density at radius 3 is 2.27 bits per heavy atom. The molecule has 0 saturated carbocycles. The van der Waals surface area contributed by atoms with Gasteiger partial charge < -0.3 is 10.5 Å². The Morgan fingerprint density at radius 1 is 0.976 bits per heavy atom. The van der Waals surface area contributed by atoms with Crippen LogP contribution in [0.15, 0.2) is 78.9 Å². The molecule has 3 atom stereocenters. The molecule has 3 aromatic rings. The van der Waals surface area contributed by atoms with Crippen molar-refractivity contribution in [2.75, 3.05) is 12.0 Å². The molecule has 8 nitrogen and oxygen atoms in total. The zero-order valence-electron chi connectivity index (χ0n) is 24.5. The highest BCUT2D eigenvalue weighted by atomic mass is 16.5. The third kappa shape index (κ3) is 7.25. The highest BCUT2D eigenvalue weighted by Crippen LogP contribution is 2.41. The molecular formula is C33H40N4O4. The van der Waals surface area contributed by atoms with Crippen LogP contribution in [0, 0.1) is 12.3 Å². The molecule has 0 radical (unpaired) electrons. The molecule has 0 bridgehead atoms. The number of anilines is 1. The van der Waals surface area contributed by atoms with Crippen LogP contribution in [0.25, 0.3) is 0 Å². The summed E-state index contributed by atoms with van der Waals surface area (Å²) in [6.07, 6.45) is 1.08. The highest BCUT2D eigenvalue weighted by Gasteiger charge is 2.43. The van der Waals surface area contributed by atoms with Gasteiger partial charge in [0, 0.05) is 12.5 Å². The number of hydrazine groups is 1. The number of carbonyl (C=O) groups excluding carboxylic acids is 3. The fourth-order valence-electron chi connectivity index (χ4n) is 5.45. The van der Waals surface area contributed by atoms with Crippen LogP contribution in [0.3, 0.4) is 0 Å². The lowest BCUT2D eigenvalue weighted by Gasteiger charge is -2.35. The summed E-state index contributed by atoms with van der Waals surface area (Å²) in [4.78, 5) is 42.3. The van der Waals surface area contributed by atoms with E-state index in [1.807, 2.05) is 82.3 Å². The Morgan fingerprint density at radius 2 is 1.66 bits per heavy atom. The maximum atomic E-state index is 14.6. The molecule has 3 N–H and O–H groups in total. The molecule has 8 heteroatoms. The minimum absolute atomic E-state index is 0.117. The van der Waals surface area contributed by atoms with Crippen molar-refractivity contribution in [3.8, 4) is 5.75 Å². The summed E-state index contributed by atoms with van der Waals surface area (Å²) in [6, 6.07) is 22.6.